The molecule has 0 aromatic carbocycles. The third-order valence-corrected chi connectivity index (χ3v) is 5.71. The van der Waals surface area contributed by atoms with Gasteiger partial charge in [0.25, 0.3) is 5.56 Å². The first-order valence-electron chi connectivity index (χ1n) is 8.60. The summed E-state index contributed by atoms with van der Waals surface area (Å²) in [5.74, 6) is 0. The van der Waals surface area contributed by atoms with Gasteiger partial charge in [-0.25, -0.2) is 9.67 Å². The molecule has 0 aliphatic carbocycles. The molecule has 0 aliphatic heterocycles. The highest BCUT2D eigenvalue weighted by atomic mass is 32.1. The molecule has 10 heteroatoms. The van der Waals surface area contributed by atoms with Crippen molar-refractivity contribution in [2.75, 3.05) is 0 Å². The summed E-state index contributed by atoms with van der Waals surface area (Å²) < 4.78 is 4.12. The SMILES string of the molecule is Cn1c2nc(Cc3cc[nH]n3)sc2c2cnn(Cc3cc[nH]c(=O)c3)c(=O)c21. The minimum Gasteiger partial charge on any atom is -0.329 e. The second-order valence-electron chi connectivity index (χ2n) is 6.49. The van der Waals surface area contributed by atoms with Crippen LogP contribution < -0.4 is 11.1 Å². The van der Waals surface area contributed by atoms with Crippen molar-refractivity contribution < 1.29 is 0 Å². The van der Waals surface area contributed by atoms with Crippen LogP contribution in [0.3, 0.4) is 0 Å². The van der Waals surface area contributed by atoms with E-state index in [0.29, 0.717) is 17.5 Å². The molecule has 0 unspecified atom stereocenters. The lowest BCUT2D eigenvalue weighted by Crippen LogP contribution is -2.25. The summed E-state index contributed by atoms with van der Waals surface area (Å²) in [6.07, 6.45) is 5.68. The lowest BCUT2D eigenvalue weighted by Gasteiger charge is -2.05. The number of H-pyrrole nitrogens is 2. The van der Waals surface area contributed by atoms with Crippen LogP contribution in [0.15, 0.2) is 46.4 Å². The van der Waals surface area contributed by atoms with E-state index in [1.807, 2.05) is 17.7 Å². The highest BCUT2D eigenvalue weighted by Crippen LogP contribution is 2.31. The second kappa shape index (κ2) is 6.27. The Morgan fingerprint density at radius 2 is 2.11 bits per heavy atom. The lowest BCUT2D eigenvalue weighted by atomic mass is 10.2. The normalized spacial score (nSPS) is 11.6. The average Bonchev–Trinajstić information content (AvgIpc) is 3.37. The molecule has 0 atom stereocenters. The third kappa shape index (κ3) is 2.65. The Balaban J connectivity index is 1.60. The molecule has 9 nitrogen and oxygen atoms in total. The maximum atomic E-state index is 13.0. The fourth-order valence-electron chi connectivity index (χ4n) is 3.33. The summed E-state index contributed by atoms with van der Waals surface area (Å²) in [5.41, 5.74) is 2.53. The van der Waals surface area contributed by atoms with E-state index in [1.54, 1.807) is 36.0 Å². The van der Waals surface area contributed by atoms with Crippen molar-refractivity contribution in [1.29, 1.82) is 0 Å². The van der Waals surface area contributed by atoms with Crippen molar-refractivity contribution in [2.45, 2.75) is 13.0 Å². The van der Waals surface area contributed by atoms with Crippen molar-refractivity contribution in [3.8, 4) is 0 Å². The molecule has 0 bridgehead atoms. The topological polar surface area (TPSA) is 114 Å². The van der Waals surface area contributed by atoms with Crippen molar-refractivity contribution in [3.05, 3.63) is 73.8 Å². The van der Waals surface area contributed by atoms with Gasteiger partial charge < -0.3 is 9.55 Å². The minimum absolute atomic E-state index is 0.209. The van der Waals surface area contributed by atoms with E-state index in [0.717, 1.165) is 26.4 Å². The fourth-order valence-corrected chi connectivity index (χ4v) is 4.45. The first kappa shape index (κ1) is 16.6. The van der Waals surface area contributed by atoms with E-state index in [-0.39, 0.29) is 17.7 Å². The van der Waals surface area contributed by atoms with Gasteiger partial charge in [0, 0.05) is 37.3 Å². The number of aryl methyl sites for hydroxylation is 1. The average molecular weight is 393 g/mol. The zero-order chi connectivity index (χ0) is 19.3. The van der Waals surface area contributed by atoms with E-state index in [9.17, 15) is 9.59 Å². The predicted octanol–water partition coefficient (Wildman–Crippen LogP) is 1.40. The number of nitrogens with zero attached hydrogens (tertiary/aromatic N) is 5. The molecule has 28 heavy (non-hydrogen) atoms. The van der Waals surface area contributed by atoms with Gasteiger partial charge in [-0.3, -0.25) is 14.7 Å². The van der Waals surface area contributed by atoms with Gasteiger partial charge in [0.2, 0.25) is 5.56 Å². The van der Waals surface area contributed by atoms with Crippen molar-refractivity contribution >= 4 is 32.6 Å². The number of hydrogen-bond donors (Lipinski definition) is 2. The van der Waals surface area contributed by atoms with E-state index >= 15 is 0 Å². The molecule has 5 aromatic rings. The molecular weight excluding hydrogens is 378 g/mol. The summed E-state index contributed by atoms with van der Waals surface area (Å²) >= 11 is 1.55. The highest BCUT2D eigenvalue weighted by molar-refractivity contribution is 7.19. The molecule has 2 N–H and O–H groups in total. The van der Waals surface area contributed by atoms with Crippen LogP contribution in [-0.4, -0.2) is 34.5 Å². The molecule has 0 aliphatic rings. The number of nitrogens with one attached hydrogen (secondary N) is 2. The molecule has 0 saturated carbocycles. The largest absolute Gasteiger partial charge is 0.329 e. The monoisotopic (exact) mass is 393 g/mol. The number of rotatable bonds is 4. The number of pyridine rings is 1. The maximum Gasteiger partial charge on any atom is 0.291 e. The molecule has 0 saturated heterocycles. The van der Waals surface area contributed by atoms with Gasteiger partial charge in [-0.05, 0) is 17.7 Å². The van der Waals surface area contributed by atoms with Crippen molar-refractivity contribution in [2.24, 2.45) is 7.05 Å². The van der Waals surface area contributed by atoms with Gasteiger partial charge >= 0.3 is 0 Å². The smallest absolute Gasteiger partial charge is 0.291 e. The van der Waals surface area contributed by atoms with Crippen LogP contribution in [0.1, 0.15) is 16.3 Å². The van der Waals surface area contributed by atoms with Gasteiger partial charge in [0.15, 0.2) is 5.65 Å². The Morgan fingerprint density at radius 3 is 2.89 bits per heavy atom. The second-order valence-corrected chi connectivity index (χ2v) is 7.58. The molecule has 140 valence electrons. The van der Waals surface area contributed by atoms with E-state index < -0.39 is 0 Å². The van der Waals surface area contributed by atoms with Gasteiger partial charge in [-0.15, -0.1) is 11.3 Å². The van der Waals surface area contributed by atoms with Gasteiger partial charge in [-0.1, -0.05) is 0 Å². The van der Waals surface area contributed by atoms with Gasteiger partial charge in [-0.2, -0.15) is 10.2 Å². The van der Waals surface area contributed by atoms with Crippen LogP contribution in [0.5, 0.6) is 0 Å². The molecule has 0 spiro atoms. The number of fused-ring (bicyclic) bond motifs is 3. The quantitative estimate of drug-likeness (QED) is 0.479. The van der Waals surface area contributed by atoms with Crippen LogP contribution >= 0.6 is 11.3 Å². The molecule has 0 fully saturated rings. The Morgan fingerprint density at radius 1 is 1.21 bits per heavy atom. The van der Waals surface area contributed by atoms with Crippen LogP contribution in [0, 0.1) is 0 Å². The number of hydrogen-bond acceptors (Lipinski definition) is 6. The highest BCUT2D eigenvalue weighted by Gasteiger charge is 2.18. The van der Waals surface area contributed by atoms with E-state index in [2.05, 4.69) is 20.3 Å². The zero-order valence-electron chi connectivity index (χ0n) is 14.8. The Bertz CT molecular complexity index is 1420. The summed E-state index contributed by atoms with van der Waals surface area (Å²) in [7, 11) is 1.83. The molecule has 0 amide bonds. The molecule has 5 aromatic heterocycles. The van der Waals surface area contributed by atoms with Gasteiger partial charge in [0.05, 0.1) is 23.1 Å². The van der Waals surface area contributed by atoms with E-state index in [1.165, 1.54) is 10.7 Å². The van der Waals surface area contributed by atoms with Gasteiger partial charge in [0.1, 0.15) is 10.5 Å². The Kier molecular flexibility index (Phi) is 3.72. The summed E-state index contributed by atoms with van der Waals surface area (Å²) in [6, 6.07) is 5.13. The summed E-state index contributed by atoms with van der Waals surface area (Å²) in [4.78, 5) is 31.7. The Labute approximate surface area is 161 Å². The molecule has 0 radical (unpaired) electrons. The maximum absolute atomic E-state index is 13.0. The lowest BCUT2D eigenvalue weighted by molar-refractivity contribution is 0.643. The number of thiazole rings is 1. The minimum atomic E-state index is -0.209. The third-order valence-electron chi connectivity index (χ3n) is 4.63. The standard InChI is InChI=1S/C18H15N7O2S/c1-24-15-12(16-17(24)22-14(28-16)7-11-3-5-20-23-11)8-21-25(18(15)27)9-10-2-4-19-13(26)6-10/h2-6,8H,7,9H2,1H3,(H,19,26)(H,20,23). The fraction of sp³-hybridized carbons (Fsp3) is 0.167. The van der Waals surface area contributed by atoms with Crippen LogP contribution in [0.2, 0.25) is 0 Å². The van der Waals surface area contributed by atoms with E-state index in [4.69, 9.17) is 4.98 Å². The summed E-state index contributed by atoms with van der Waals surface area (Å²) in [5, 5.41) is 13.0. The predicted molar refractivity (Wildman–Crippen MR) is 106 cm³/mol. The van der Waals surface area contributed by atoms with Crippen molar-refractivity contribution in [3.63, 3.8) is 0 Å². The number of aromatic nitrogens is 7. The van der Waals surface area contributed by atoms with Crippen LogP contribution in [0.4, 0.5) is 0 Å². The van der Waals surface area contributed by atoms with Crippen LogP contribution in [-0.2, 0) is 20.0 Å². The first-order chi connectivity index (χ1) is 13.6. The summed E-state index contributed by atoms with van der Waals surface area (Å²) in [6.45, 7) is 0.232. The number of aromatic amines is 2. The van der Waals surface area contributed by atoms with Crippen LogP contribution in [0.25, 0.3) is 21.3 Å². The molecule has 5 heterocycles. The molecular formula is C18H15N7O2S. The van der Waals surface area contributed by atoms with Crippen molar-refractivity contribution in [1.82, 2.24) is 34.5 Å². The zero-order valence-corrected chi connectivity index (χ0v) is 15.7. The Hall–Kier alpha value is -3.53. The first-order valence-corrected chi connectivity index (χ1v) is 9.42. The molecule has 5 rings (SSSR count).